The maximum Gasteiger partial charge on any atom is 0.397 e. The number of aliphatic hydroxyl groups is 4. The molecule has 2 saturated heterocycles. The zero-order valence-electron chi connectivity index (χ0n) is 17.9. The molecule has 0 spiro atoms. The Morgan fingerprint density at radius 3 is 2.12 bits per heavy atom. The van der Waals surface area contributed by atoms with E-state index >= 15 is 0 Å². The molecule has 10 unspecified atom stereocenters. The van der Waals surface area contributed by atoms with Crippen LogP contribution < -0.4 is 5.32 Å². The molecule has 2 aliphatic heterocycles. The highest BCUT2D eigenvalue weighted by Crippen LogP contribution is 2.33. The van der Waals surface area contributed by atoms with E-state index in [-0.39, 0.29) is 5.92 Å². The van der Waals surface area contributed by atoms with Crippen LogP contribution >= 0.6 is 0 Å². The second kappa shape index (κ2) is 10.9. The molecule has 7 N–H and O–H groups in total. The lowest BCUT2D eigenvalue weighted by Gasteiger charge is -2.49. The van der Waals surface area contributed by atoms with E-state index in [1.165, 1.54) is 0 Å². The van der Waals surface area contributed by atoms with Gasteiger partial charge < -0.3 is 45.1 Å². The van der Waals surface area contributed by atoms with E-state index in [1.807, 2.05) is 0 Å². The molecule has 0 aliphatic carbocycles. The topological polar surface area (TPSA) is 239 Å². The van der Waals surface area contributed by atoms with Crippen LogP contribution in [0.1, 0.15) is 20.8 Å². The largest absolute Gasteiger partial charge is 0.479 e. The van der Waals surface area contributed by atoms with E-state index in [9.17, 15) is 48.1 Å². The van der Waals surface area contributed by atoms with Crippen LogP contribution in [0.5, 0.6) is 0 Å². The Balaban J connectivity index is 2.50. The molecule has 1 amide bonds. The van der Waals surface area contributed by atoms with Crippen molar-refractivity contribution in [1.82, 2.24) is 5.32 Å². The van der Waals surface area contributed by atoms with Gasteiger partial charge in [0.25, 0.3) is 0 Å². The summed E-state index contributed by atoms with van der Waals surface area (Å²) in [7, 11) is -5.16. The lowest BCUT2D eigenvalue weighted by molar-refractivity contribution is -0.325. The van der Waals surface area contributed by atoms with E-state index in [0.29, 0.717) is 0 Å². The number of amides is 1. The van der Waals surface area contributed by atoms with Gasteiger partial charge in [-0.2, -0.15) is 8.42 Å². The van der Waals surface area contributed by atoms with Crippen LogP contribution in [0.2, 0.25) is 0 Å². The van der Waals surface area contributed by atoms with Gasteiger partial charge in [-0.3, -0.25) is 9.35 Å². The Kier molecular flexibility index (Phi) is 9.13. The van der Waals surface area contributed by atoms with Gasteiger partial charge in [-0.05, 0) is 5.92 Å². The van der Waals surface area contributed by atoms with E-state index in [2.05, 4.69) is 9.50 Å². The molecular weight excluding hydrogens is 474 g/mol. The quantitative estimate of drug-likeness (QED) is 0.158. The van der Waals surface area contributed by atoms with Crippen molar-refractivity contribution in [2.45, 2.75) is 81.9 Å². The van der Waals surface area contributed by atoms with Gasteiger partial charge in [-0.15, -0.1) is 0 Å². The molecule has 0 bridgehead atoms. The summed E-state index contributed by atoms with van der Waals surface area (Å²) in [6.07, 6.45) is -15.8. The summed E-state index contributed by atoms with van der Waals surface area (Å²) in [6, 6.07) is -1.21. The van der Waals surface area contributed by atoms with Crippen molar-refractivity contribution in [3.05, 3.63) is 0 Å². The molecule has 0 radical (unpaired) electrons. The number of nitrogens with one attached hydrogen (secondary N) is 1. The number of aliphatic carboxylic acids is 1. The smallest absolute Gasteiger partial charge is 0.397 e. The number of carboxylic acids is 1. The van der Waals surface area contributed by atoms with Crippen LogP contribution in [0.25, 0.3) is 0 Å². The molecule has 2 fully saturated rings. The number of aliphatic hydroxyl groups excluding tert-OH is 4. The maximum atomic E-state index is 11.9. The summed E-state index contributed by atoms with van der Waals surface area (Å²) in [5.41, 5.74) is 0. The SMILES string of the molecule is CC(=O)NC1C(C(C)C)OC(CO)C(OS(=O)(=O)O)C1OC1OC(C(=O)O)C(O)C(O)C1O. The second-order valence-electron chi connectivity index (χ2n) is 8.12. The Labute approximate surface area is 189 Å². The molecular formula is C17H29NO14S. The van der Waals surface area contributed by atoms with E-state index < -0.39 is 90.0 Å². The number of ether oxygens (including phenoxy) is 3. The molecule has 10 atom stereocenters. The lowest BCUT2D eigenvalue weighted by Crippen LogP contribution is -2.69. The molecule has 2 aliphatic rings. The minimum atomic E-state index is -5.16. The zero-order valence-corrected chi connectivity index (χ0v) is 18.7. The second-order valence-corrected chi connectivity index (χ2v) is 9.16. The maximum absolute atomic E-state index is 11.9. The van der Waals surface area contributed by atoms with Crippen LogP contribution in [0.4, 0.5) is 0 Å². The molecule has 0 aromatic heterocycles. The van der Waals surface area contributed by atoms with Crippen molar-refractivity contribution in [2.24, 2.45) is 5.92 Å². The van der Waals surface area contributed by atoms with Gasteiger partial charge in [0.05, 0.1) is 18.8 Å². The van der Waals surface area contributed by atoms with Crippen LogP contribution in [0, 0.1) is 5.92 Å². The van der Waals surface area contributed by atoms with E-state index in [1.54, 1.807) is 13.8 Å². The van der Waals surface area contributed by atoms with E-state index in [0.717, 1.165) is 6.92 Å². The highest BCUT2D eigenvalue weighted by Gasteiger charge is 2.54. The molecule has 192 valence electrons. The minimum absolute atomic E-state index is 0.356. The summed E-state index contributed by atoms with van der Waals surface area (Å²) >= 11 is 0. The summed E-state index contributed by atoms with van der Waals surface area (Å²) in [4.78, 5) is 23.2. The first-order valence-corrected chi connectivity index (χ1v) is 11.3. The highest BCUT2D eigenvalue weighted by molar-refractivity contribution is 7.80. The number of hydrogen-bond donors (Lipinski definition) is 7. The summed E-state index contributed by atoms with van der Waals surface area (Å²) in [6.45, 7) is 3.68. The number of hydrogen-bond acceptors (Lipinski definition) is 12. The van der Waals surface area contributed by atoms with Crippen molar-refractivity contribution in [3.63, 3.8) is 0 Å². The Morgan fingerprint density at radius 2 is 1.67 bits per heavy atom. The first-order chi connectivity index (χ1) is 15.2. The van der Waals surface area contributed by atoms with Crippen molar-refractivity contribution < 1.29 is 66.5 Å². The van der Waals surface area contributed by atoms with Crippen LogP contribution in [-0.2, 0) is 38.4 Å². The first kappa shape index (κ1) is 27.8. The molecule has 2 rings (SSSR count). The van der Waals surface area contributed by atoms with Crippen LogP contribution in [0.3, 0.4) is 0 Å². The van der Waals surface area contributed by atoms with Crippen LogP contribution in [0.15, 0.2) is 0 Å². The van der Waals surface area contributed by atoms with E-state index in [4.69, 9.17) is 14.2 Å². The summed E-state index contributed by atoms with van der Waals surface area (Å²) < 4.78 is 53.2. The third-order valence-electron chi connectivity index (χ3n) is 5.27. The number of rotatable bonds is 8. The standard InChI is InChI=1S/C17H29NO14S/c1-5(2)12-8(18-6(3)20)14(13(7(4-19)29-12)32-33(26,27)28)30-17-11(23)9(21)10(22)15(31-17)16(24)25/h5,7-15,17,19,21-23H,4H2,1-3H3,(H,18,20)(H,24,25)(H,26,27,28). The van der Waals surface area contributed by atoms with Gasteiger partial charge in [0, 0.05) is 6.92 Å². The predicted molar refractivity (Wildman–Crippen MR) is 104 cm³/mol. The van der Waals surface area contributed by atoms with Gasteiger partial charge in [0.2, 0.25) is 5.91 Å². The molecule has 0 aromatic carbocycles. The molecule has 15 nitrogen and oxygen atoms in total. The first-order valence-electron chi connectivity index (χ1n) is 9.95. The van der Waals surface area contributed by atoms with Crippen molar-refractivity contribution >= 4 is 22.3 Å². The number of carbonyl (C=O) groups is 2. The van der Waals surface area contributed by atoms with Crippen molar-refractivity contribution in [3.8, 4) is 0 Å². The molecule has 0 saturated carbocycles. The summed E-state index contributed by atoms with van der Waals surface area (Å²) in [5.74, 6) is -2.66. The fraction of sp³-hybridized carbons (Fsp3) is 0.882. The fourth-order valence-corrected chi connectivity index (χ4v) is 4.34. The van der Waals surface area contributed by atoms with Crippen molar-refractivity contribution in [2.75, 3.05) is 6.61 Å². The van der Waals surface area contributed by atoms with Gasteiger partial charge in [0.1, 0.15) is 36.6 Å². The molecule has 16 heteroatoms. The lowest BCUT2D eigenvalue weighted by atomic mass is 9.87. The average Bonchev–Trinajstić information content (AvgIpc) is 2.68. The Morgan fingerprint density at radius 1 is 1.06 bits per heavy atom. The van der Waals surface area contributed by atoms with Crippen LogP contribution in [-0.4, -0.2) is 118 Å². The minimum Gasteiger partial charge on any atom is -0.479 e. The average molecular weight is 503 g/mol. The monoisotopic (exact) mass is 503 g/mol. The normalized spacial score (nSPS) is 39.9. The molecule has 2 heterocycles. The molecule has 33 heavy (non-hydrogen) atoms. The zero-order chi connectivity index (χ0) is 25.2. The number of carboxylic acid groups (broad SMARTS) is 1. The van der Waals surface area contributed by atoms with Gasteiger partial charge >= 0.3 is 16.4 Å². The van der Waals surface area contributed by atoms with Crippen molar-refractivity contribution in [1.29, 1.82) is 0 Å². The third-order valence-corrected chi connectivity index (χ3v) is 5.74. The Hall–Kier alpha value is -1.47. The fourth-order valence-electron chi connectivity index (χ4n) is 3.82. The van der Waals surface area contributed by atoms with Gasteiger partial charge in [-0.1, -0.05) is 13.8 Å². The third kappa shape index (κ3) is 6.56. The van der Waals surface area contributed by atoms with Gasteiger partial charge in [-0.25, -0.2) is 8.98 Å². The van der Waals surface area contributed by atoms with Gasteiger partial charge in [0.15, 0.2) is 12.4 Å². The Bertz CT molecular complexity index is 806. The highest BCUT2D eigenvalue weighted by atomic mass is 32.3. The summed E-state index contributed by atoms with van der Waals surface area (Å²) in [5, 5.41) is 51.6. The molecule has 0 aromatic rings. The number of carbonyl (C=O) groups excluding carboxylic acids is 1. The predicted octanol–water partition coefficient (Wildman–Crippen LogP) is -3.63.